The molecular weight excluding hydrogens is 542 g/mol. The van der Waals surface area contributed by atoms with E-state index in [1.807, 2.05) is 41.8 Å². The van der Waals surface area contributed by atoms with E-state index in [-0.39, 0.29) is 31.2 Å². The van der Waals surface area contributed by atoms with Crippen LogP contribution in [0.3, 0.4) is 0 Å². The van der Waals surface area contributed by atoms with Gasteiger partial charge in [-0.3, -0.25) is 4.90 Å². The van der Waals surface area contributed by atoms with E-state index in [9.17, 15) is 13.2 Å². The van der Waals surface area contributed by atoms with Crippen LogP contribution in [0, 0.1) is 12.3 Å². The number of ether oxygens (including phenoxy) is 1. The van der Waals surface area contributed by atoms with Crippen molar-refractivity contribution >= 4 is 27.5 Å². The number of hydrogen-bond donors (Lipinski definition) is 0. The zero-order valence-corrected chi connectivity index (χ0v) is 24.5. The zero-order chi connectivity index (χ0) is 28.4. The highest BCUT2D eigenvalue weighted by atomic mass is 32.2. The molecule has 0 saturated carbocycles. The van der Waals surface area contributed by atoms with Gasteiger partial charge in [0.15, 0.2) is 0 Å². The molecule has 0 radical (unpaired) electrons. The van der Waals surface area contributed by atoms with Gasteiger partial charge in [0, 0.05) is 32.7 Å². The van der Waals surface area contributed by atoms with Crippen LogP contribution >= 0.6 is 11.3 Å². The van der Waals surface area contributed by atoms with E-state index in [0.717, 1.165) is 50.0 Å². The van der Waals surface area contributed by atoms with Crippen LogP contribution in [0.5, 0.6) is 0 Å². The number of benzene rings is 2. The number of thiophene rings is 1. The highest BCUT2D eigenvalue weighted by Gasteiger charge is 2.30. The van der Waals surface area contributed by atoms with Gasteiger partial charge in [0.05, 0.1) is 11.4 Å². The van der Waals surface area contributed by atoms with Gasteiger partial charge >= 0.3 is 6.09 Å². The monoisotopic (exact) mass is 579 g/mol. The Hall–Kier alpha value is -3.16. The van der Waals surface area contributed by atoms with Crippen LogP contribution in [-0.4, -0.2) is 74.4 Å². The summed E-state index contributed by atoms with van der Waals surface area (Å²) in [5.41, 5.74) is 2.10. The Morgan fingerprint density at radius 3 is 2.40 bits per heavy atom. The molecule has 0 N–H and O–H groups in total. The molecule has 7 nitrogen and oxygen atoms in total. The number of carbonyl (C=O) groups excluding carboxylic acids is 1. The molecule has 4 rings (SSSR count). The Kier molecular flexibility index (Phi) is 10.8. The van der Waals surface area contributed by atoms with E-state index >= 15 is 0 Å². The van der Waals surface area contributed by atoms with E-state index in [0.29, 0.717) is 11.4 Å². The molecule has 1 aliphatic rings. The highest BCUT2D eigenvalue weighted by molar-refractivity contribution is 7.89. The first-order valence-corrected chi connectivity index (χ1v) is 15.9. The van der Waals surface area contributed by atoms with Crippen LogP contribution in [0.4, 0.5) is 4.79 Å². The fourth-order valence-electron chi connectivity index (χ4n) is 5.09. The van der Waals surface area contributed by atoms with Crippen molar-refractivity contribution in [3.63, 3.8) is 0 Å². The second kappa shape index (κ2) is 14.5. The van der Waals surface area contributed by atoms with E-state index in [1.54, 1.807) is 47.5 Å². The van der Waals surface area contributed by atoms with E-state index < -0.39 is 10.0 Å². The smallest absolute Gasteiger partial charge is 0.411 e. The molecule has 1 aliphatic heterocycles. The number of likely N-dealkylation sites (N-methyl/N-ethyl adjacent to an activating group) is 1. The van der Waals surface area contributed by atoms with E-state index in [2.05, 4.69) is 22.3 Å². The summed E-state index contributed by atoms with van der Waals surface area (Å²) in [6.07, 6.45) is 7.68. The first-order chi connectivity index (χ1) is 19.4. The average Bonchev–Trinajstić information content (AvgIpc) is 3.53. The molecule has 1 unspecified atom stereocenters. The maximum absolute atomic E-state index is 13.1. The van der Waals surface area contributed by atoms with Gasteiger partial charge in [-0.05, 0) is 71.8 Å². The van der Waals surface area contributed by atoms with Crippen LogP contribution in [0.25, 0.3) is 0 Å². The third kappa shape index (κ3) is 7.95. The maximum atomic E-state index is 13.1. The fraction of sp³-hybridized carbons (Fsp3) is 0.387. The van der Waals surface area contributed by atoms with Crippen molar-refractivity contribution in [2.75, 3.05) is 39.8 Å². The number of nitrogens with zero attached hydrogens (tertiary/aromatic N) is 3. The lowest BCUT2D eigenvalue weighted by molar-refractivity contribution is 0.0663. The second-order valence-corrected chi connectivity index (χ2v) is 12.9. The normalized spacial score (nSPS) is 15.4. The van der Waals surface area contributed by atoms with Gasteiger partial charge in [0.1, 0.15) is 6.61 Å². The molecule has 3 aromatic rings. The minimum atomic E-state index is -3.56. The molecule has 0 bridgehead atoms. The standard InChI is InChI=1S/C31H37N3O4S2/c1-3-18-34(31(35)38-24-26-10-6-4-7-11-26)29-15-20-33(21-16-29)19-14-27(28-17-22-39-25-28)23-32(2)40(36,37)30-12-8-5-9-13-30/h1,4-13,17,22,25,27,29H,14-16,18-21,23-24H2,2H3. The topological polar surface area (TPSA) is 70.2 Å². The van der Waals surface area contributed by atoms with E-state index in [4.69, 9.17) is 11.2 Å². The van der Waals surface area contributed by atoms with Crippen molar-refractivity contribution in [1.29, 1.82) is 0 Å². The Balaban J connectivity index is 1.31. The van der Waals surface area contributed by atoms with Crippen molar-refractivity contribution in [2.45, 2.75) is 42.7 Å². The molecule has 1 atom stereocenters. The summed E-state index contributed by atoms with van der Waals surface area (Å²) in [4.78, 5) is 17.2. The molecule has 2 heterocycles. The molecule has 1 amide bonds. The SMILES string of the molecule is C#CCN(C(=O)OCc1ccccc1)C1CCN(CCC(CN(C)S(=O)(=O)c2ccccc2)c2ccsc2)CC1. The van der Waals surface area contributed by atoms with Crippen LogP contribution in [-0.2, 0) is 21.4 Å². The molecule has 40 heavy (non-hydrogen) atoms. The molecule has 1 saturated heterocycles. The molecule has 0 aliphatic carbocycles. The van der Waals surface area contributed by atoms with Gasteiger partial charge in [-0.15, -0.1) is 6.42 Å². The minimum Gasteiger partial charge on any atom is -0.445 e. The number of hydrogen-bond acceptors (Lipinski definition) is 6. The minimum absolute atomic E-state index is 0.0328. The lowest BCUT2D eigenvalue weighted by atomic mass is 9.97. The molecule has 0 spiro atoms. The third-order valence-corrected chi connectivity index (χ3v) is 9.98. The molecule has 1 aromatic heterocycles. The van der Waals surface area contributed by atoms with Crippen LogP contribution in [0.1, 0.15) is 36.3 Å². The van der Waals surface area contributed by atoms with Crippen molar-refractivity contribution in [2.24, 2.45) is 0 Å². The van der Waals surface area contributed by atoms with Gasteiger partial charge in [0.2, 0.25) is 10.0 Å². The number of sulfonamides is 1. The van der Waals surface area contributed by atoms with Crippen molar-refractivity contribution < 1.29 is 17.9 Å². The summed E-state index contributed by atoms with van der Waals surface area (Å²) >= 11 is 1.63. The average molecular weight is 580 g/mol. The molecular formula is C31H37N3O4S2. The van der Waals surface area contributed by atoms with Crippen molar-refractivity contribution in [1.82, 2.24) is 14.1 Å². The summed E-state index contributed by atoms with van der Waals surface area (Å²) in [5.74, 6) is 2.69. The lowest BCUT2D eigenvalue weighted by Crippen LogP contribution is -2.48. The van der Waals surface area contributed by atoms with Gasteiger partial charge < -0.3 is 9.64 Å². The Labute approximate surface area is 242 Å². The zero-order valence-electron chi connectivity index (χ0n) is 22.9. The number of rotatable bonds is 12. The number of amides is 1. The van der Waals surface area contributed by atoms with Gasteiger partial charge in [-0.25, -0.2) is 17.5 Å². The summed E-state index contributed by atoms with van der Waals surface area (Å²) in [5, 5.41) is 4.15. The summed E-state index contributed by atoms with van der Waals surface area (Å²) in [6.45, 7) is 3.38. The maximum Gasteiger partial charge on any atom is 0.411 e. The molecule has 9 heteroatoms. The Morgan fingerprint density at radius 2 is 1.77 bits per heavy atom. The van der Waals surface area contributed by atoms with Gasteiger partial charge in [-0.2, -0.15) is 11.3 Å². The first kappa shape index (κ1) is 29.8. The molecule has 1 fully saturated rings. The van der Waals surface area contributed by atoms with Crippen molar-refractivity contribution in [3.8, 4) is 12.3 Å². The third-order valence-electron chi connectivity index (χ3n) is 7.44. The molecule has 212 valence electrons. The second-order valence-electron chi connectivity index (χ2n) is 10.1. The number of piperidine rings is 1. The number of terminal acetylenes is 1. The van der Waals surface area contributed by atoms with Crippen LogP contribution in [0.15, 0.2) is 82.4 Å². The van der Waals surface area contributed by atoms with E-state index in [1.165, 1.54) is 4.31 Å². The molecule has 2 aromatic carbocycles. The van der Waals surface area contributed by atoms with Crippen LogP contribution < -0.4 is 0 Å². The number of carbonyl (C=O) groups is 1. The van der Waals surface area contributed by atoms with Crippen LogP contribution in [0.2, 0.25) is 0 Å². The highest BCUT2D eigenvalue weighted by Crippen LogP contribution is 2.27. The Morgan fingerprint density at radius 1 is 1.10 bits per heavy atom. The summed E-state index contributed by atoms with van der Waals surface area (Å²) < 4.78 is 33.3. The lowest BCUT2D eigenvalue weighted by Gasteiger charge is -2.37. The quantitative estimate of drug-likeness (QED) is 0.273. The first-order valence-electron chi connectivity index (χ1n) is 13.5. The Bertz CT molecular complexity index is 1330. The van der Waals surface area contributed by atoms with Gasteiger partial charge in [0.25, 0.3) is 0 Å². The summed E-state index contributed by atoms with van der Waals surface area (Å²) in [6, 6.07) is 20.3. The summed E-state index contributed by atoms with van der Waals surface area (Å²) in [7, 11) is -1.91. The largest absolute Gasteiger partial charge is 0.445 e. The predicted octanol–water partition coefficient (Wildman–Crippen LogP) is 5.28. The van der Waals surface area contributed by atoms with Gasteiger partial charge in [-0.1, -0.05) is 54.5 Å². The van der Waals surface area contributed by atoms with Crippen molar-refractivity contribution in [3.05, 3.63) is 88.6 Å². The predicted molar refractivity (Wildman–Crippen MR) is 160 cm³/mol. The fourth-order valence-corrected chi connectivity index (χ4v) is 7.07. The number of likely N-dealkylation sites (tertiary alicyclic amines) is 1.